The Balaban J connectivity index is 1.81. The van der Waals surface area contributed by atoms with E-state index in [0.717, 1.165) is 17.5 Å². The second-order valence-electron chi connectivity index (χ2n) is 6.21. The van der Waals surface area contributed by atoms with Crippen molar-refractivity contribution >= 4 is 11.9 Å². The summed E-state index contributed by atoms with van der Waals surface area (Å²) in [7, 11) is 0. The van der Waals surface area contributed by atoms with Crippen molar-refractivity contribution in [3.8, 4) is 5.75 Å². The molecule has 0 spiro atoms. The normalized spacial score (nSPS) is 11.6. The fourth-order valence-corrected chi connectivity index (χ4v) is 2.59. The van der Waals surface area contributed by atoms with Gasteiger partial charge in [-0.3, -0.25) is 4.79 Å². The first-order chi connectivity index (χ1) is 12.5. The molecule has 0 saturated carbocycles. The number of carboxylic acid groups (broad SMARTS) is 1. The zero-order valence-corrected chi connectivity index (χ0v) is 15.2. The Morgan fingerprint density at radius 3 is 2.23 bits per heavy atom. The lowest BCUT2D eigenvalue weighted by Crippen LogP contribution is -2.26. The van der Waals surface area contributed by atoms with Gasteiger partial charge < -0.3 is 15.2 Å². The summed E-state index contributed by atoms with van der Waals surface area (Å²) in [5.74, 6) is -0.521. The molecule has 2 aromatic carbocycles. The first-order valence-corrected chi connectivity index (χ1v) is 8.79. The number of ether oxygens (including phenoxy) is 1. The molecule has 26 heavy (non-hydrogen) atoms. The summed E-state index contributed by atoms with van der Waals surface area (Å²) in [6, 6.07) is 15.3. The van der Waals surface area contributed by atoms with E-state index < -0.39 is 5.97 Å². The number of rotatable bonds is 9. The maximum Gasteiger partial charge on any atom is 0.341 e. The van der Waals surface area contributed by atoms with Crippen LogP contribution >= 0.6 is 0 Å². The Kier molecular flexibility index (Phi) is 7.21. The molecule has 2 aromatic rings. The molecule has 0 fully saturated rings. The molecule has 0 saturated heterocycles. The minimum atomic E-state index is -1.01. The molecule has 2 N–H and O–H groups in total. The van der Waals surface area contributed by atoms with Crippen LogP contribution < -0.4 is 10.1 Å². The molecule has 2 rings (SSSR count). The van der Waals surface area contributed by atoms with Gasteiger partial charge in [0.2, 0.25) is 5.91 Å². The van der Waals surface area contributed by atoms with E-state index in [4.69, 9.17) is 9.84 Å². The quantitative estimate of drug-likeness (QED) is 0.722. The van der Waals surface area contributed by atoms with Crippen molar-refractivity contribution in [2.24, 2.45) is 0 Å². The summed E-state index contributed by atoms with van der Waals surface area (Å²) in [5.41, 5.74) is 3.39. The fraction of sp³-hybridized carbons (Fsp3) is 0.333. The largest absolute Gasteiger partial charge is 0.482 e. The van der Waals surface area contributed by atoms with Gasteiger partial charge in [0, 0.05) is 6.42 Å². The molecule has 1 amide bonds. The number of carbonyl (C=O) groups is 2. The predicted octanol–water partition coefficient (Wildman–Crippen LogP) is 3.52. The van der Waals surface area contributed by atoms with E-state index in [1.165, 1.54) is 5.56 Å². The zero-order valence-electron chi connectivity index (χ0n) is 15.2. The van der Waals surface area contributed by atoms with E-state index in [0.29, 0.717) is 18.6 Å². The van der Waals surface area contributed by atoms with Crippen molar-refractivity contribution in [2.45, 2.75) is 39.2 Å². The third-order valence-electron chi connectivity index (χ3n) is 4.19. The third kappa shape index (κ3) is 6.24. The number of benzene rings is 2. The van der Waals surface area contributed by atoms with Crippen LogP contribution in [-0.2, 0) is 22.4 Å². The van der Waals surface area contributed by atoms with Crippen LogP contribution in [0.1, 0.15) is 43.0 Å². The van der Waals surface area contributed by atoms with Gasteiger partial charge in [0.15, 0.2) is 6.61 Å². The summed E-state index contributed by atoms with van der Waals surface area (Å²) < 4.78 is 5.10. The van der Waals surface area contributed by atoms with Gasteiger partial charge in [-0.15, -0.1) is 0 Å². The molecule has 5 nitrogen and oxygen atoms in total. The number of hydrogen-bond donors (Lipinski definition) is 2. The first-order valence-electron chi connectivity index (χ1n) is 8.79. The molecular weight excluding hydrogens is 330 g/mol. The molecule has 0 radical (unpaired) electrons. The number of nitrogens with one attached hydrogen (secondary N) is 1. The van der Waals surface area contributed by atoms with Gasteiger partial charge in [-0.05, 0) is 48.6 Å². The van der Waals surface area contributed by atoms with Crippen molar-refractivity contribution < 1.29 is 19.4 Å². The van der Waals surface area contributed by atoms with Gasteiger partial charge >= 0.3 is 5.97 Å². The van der Waals surface area contributed by atoms with Crippen molar-refractivity contribution in [2.75, 3.05) is 6.61 Å². The number of amides is 1. The van der Waals surface area contributed by atoms with Crippen LogP contribution in [0, 0.1) is 0 Å². The molecule has 0 aliphatic rings. The number of carboxylic acids is 1. The molecule has 5 heteroatoms. The second kappa shape index (κ2) is 9.61. The predicted molar refractivity (Wildman–Crippen MR) is 100 cm³/mol. The molecular formula is C21H25NO4. The van der Waals surface area contributed by atoms with E-state index in [1.54, 1.807) is 12.1 Å². The summed E-state index contributed by atoms with van der Waals surface area (Å²) in [5, 5.41) is 11.6. The number of aryl methyl sites for hydroxylation is 2. The Labute approximate surface area is 154 Å². The van der Waals surface area contributed by atoms with Crippen LogP contribution in [0.5, 0.6) is 5.75 Å². The molecule has 0 bridgehead atoms. The highest BCUT2D eigenvalue weighted by Gasteiger charge is 2.10. The van der Waals surface area contributed by atoms with Gasteiger partial charge in [-0.1, -0.05) is 43.3 Å². The van der Waals surface area contributed by atoms with Gasteiger partial charge in [0.1, 0.15) is 5.75 Å². The van der Waals surface area contributed by atoms with E-state index >= 15 is 0 Å². The molecule has 0 aromatic heterocycles. The van der Waals surface area contributed by atoms with Gasteiger partial charge in [-0.25, -0.2) is 4.79 Å². The van der Waals surface area contributed by atoms with Crippen LogP contribution in [0.3, 0.4) is 0 Å². The number of hydrogen-bond acceptors (Lipinski definition) is 3. The minimum absolute atomic E-state index is 0.00303. The standard InChI is InChI=1S/C21H25NO4/c1-3-16-4-6-17(7-5-16)8-13-20(23)22-15(2)18-9-11-19(12-10-18)26-14-21(24)25/h4-7,9-12,15H,3,8,13-14H2,1-2H3,(H,22,23)(H,24,25). The SMILES string of the molecule is CCc1ccc(CCC(=O)NC(C)c2ccc(OCC(=O)O)cc2)cc1. The molecule has 1 unspecified atom stereocenters. The lowest BCUT2D eigenvalue weighted by Gasteiger charge is -2.15. The van der Waals surface area contributed by atoms with Crippen LogP contribution in [-0.4, -0.2) is 23.6 Å². The van der Waals surface area contributed by atoms with Gasteiger partial charge in [-0.2, -0.15) is 0 Å². The Hall–Kier alpha value is -2.82. The van der Waals surface area contributed by atoms with Gasteiger partial charge in [0.25, 0.3) is 0 Å². The van der Waals surface area contributed by atoms with Crippen LogP contribution in [0.25, 0.3) is 0 Å². The van der Waals surface area contributed by atoms with E-state index in [-0.39, 0.29) is 18.6 Å². The first kappa shape index (κ1) is 19.5. The summed E-state index contributed by atoms with van der Waals surface area (Å²) in [6.07, 6.45) is 2.17. The lowest BCUT2D eigenvalue weighted by atomic mass is 10.1. The van der Waals surface area contributed by atoms with Crippen LogP contribution in [0.2, 0.25) is 0 Å². The molecule has 1 atom stereocenters. The average molecular weight is 355 g/mol. The number of carbonyl (C=O) groups excluding carboxylic acids is 1. The minimum Gasteiger partial charge on any atom is -0.482 e. The van der Waals surface area contributed by atoms with Crippen LogP contribution in [0.15, 0.2) is 48.5 Å². The maximum absolute atomic E-state index is 12.2. The molecule has 0 heterocycles. The Bertz CT molecular complexity index is 723. The topological polar surface area (TPSA) is 75.6 Å². The lowest BCUT2D eigenvalue weighted by molar-refractivity contribution is -0.139. The van der Waals surface area contributed by atoms with Crippen molar-refractivity contribution in [1.29, 1.82) is 0 Å². The van der Waals surface area contributed by atoms with Crippen LogP contribution in [0.4, 0.5) is 0 Å². The van der Waals surface area contributed by atoms with Gasteiger partial charge in [0.05, 0.1) is 6.04 Å². The fourth-order valence-electron chi connectivity index (χ4n) is 2.59. The highest BCUT2D eigenvalue weighted by atomic mass is 16.5. The average Bonchev–Trinajstić information content (AvgIpc) is 2.65. The van der Waals surface area contributed by atoms with E-state index in [1.807, 2.05) is 19.1 Å². The maximum atomic E-state index is 12.2. The monoisotopic (exact) mass is 355 g/mol. The number of aliphatic carboxylic acids is 1. The third-order valence-corrected chi connectivity index (χ3v) is 4.19. The smallest absolute Gasteiger partial charge is 0.341 e. The van der Waals surface area contributed by atoms with E-state index in [9.17, 15) is 9.59 Å². The Morgan fingerprint density at radius 2 is 1.65 bits per heavy atom. The zero-order chi connectivity index (χ0) is 18.9. The highest BCUT2D eigenvalue weighted by Crippen LogP contribution is 2.18. The van der Waals surface area contributed by atoms with E-state index in [2.05, 4.69) is 36.5 Å². The highest BCUT2D eigenvalue weighted by molar-refractivity contribution is 5.76. The van der Waals surface area contributed by atoms with Crippen molar-refractivity contribution in [3.05, 3.63) is 65.2 Å². The molecule has 0 aliphatic carbocycles. The molecule has 138 valence electrons. The summed E-state index contributed by atoms with van der Waals surface area (Å²) in [6.45, 7) is 3.67. The van der Waals surface area contributed by atoms with Crippen molar-refractivity contribution in [1.82, 2.24) is 5.32 Å². The summed E-state index contributed by atoms with van der Waals surface area (Å²) in [4.78, 5) is 22.7. The van der Waals surface area contributed by atoms with Crippen molar-refractivity contribution in [3.63, 3.8) is 0 Å². The molecule has 0 aliphatic heterocycles. The summed E-state index contributed by atoms with van der Waals surface area (Å²) >= 11 is 0. The Morgan fingerprint density at radius 1 is 1.04 bits per heavy atom. The second-order valence-corrected chi connectivity index (χ2v) is 6.21.